The number of carboxylic acid groups (broad SMARTS) is 1. The van der Waals surface area contributed by atoms with Crippen molar-refractivity contribution in [3.05, 3.63) is 36.0 Å². The maximum absolute atomic E-state index is 14.6. The number of hydrogen-bond donors (Lipinski definition) is 14. The minimum Gasteiger partial charge on any atom is -0.480 e. The second-order valence-corrected chi connectivity index (χ2v) is 17.5. The topological polar surface area (TPSA) is 399 Å². The van der Waals surface area contributed by atoms with Crippen LogP contribution in [-0.4, -0.2) is 164 Å². The van der Waals surface area contributed by atoms with E-state index in [0.29, 0.717) is 18.4 Å². The normalized spacial score (nSPS) is 17.6. The molecular weight excluding hydrogens is 889 g/mol. The molecule has 10 atom stereocenters. The Balaban J connectivity index is 1.85. The van der Waals surface area contributed by atoms with Crippen molar-refractivity contribution in [2.75, 3.05) is 26.3 Å². The number of aromatic nitrogens is 1. The molecule has 0 saturated carbocycles. The Hall–Kier alpha value is -6.37. The molecule has 1 aromatic heterocycles. The molecule has 378 valence electrons. The minimum atomic E-state index is -1.72. The summed E-state index contributed by atoms with van der Waals surface area (Å²) in [6.45, 7) is 6.63. The Morgan fingerprint density at radius 2 is 1.43 bits per heavy atom. The number of carbonyl (C=O) groups is 8. The Bertz CT molecular complexity index is 2090. The third-order valence-corrected chi connectivity index (χ3v) is 11.7. The van der Waals surface area contributed by atoms with Crippen molar-refractivity contribution in [2.24, 2.45) is 34.0 Å². The molecule has 0 unspecified atom stereocenters. The monoisotopic (exact) mass is 959 g/mol. The van der Waals surface area contributed by atoms with Gasteiger partial charge in [0, 0.05) is 36.6 Å². The van der Waals surface area contributed by atoms with Gasteiger partial charge in [0.05, 0.1) is 19.3 Å². The van der Waals surface area contributed by atoms with Crippen LogP contribution >= 0.6 is 0 Å². The van der Waals surface area contributed by atoms with E-state index >= 15 is 0 Å². The van der Waals surface area contributed by atoms with Crippen LogP contribution in [0.3, 0.4) is 0 Å². The number of nitrogens with one attached hydrogen (secondary N) is 7. The summed E-state index contributed by atoms with van der Waals surface area (Å²) in [6.07, 6.45) is 1.17. The van der Waals surface area contributed by atoms with Crippen molar-refractivity contribution in [1.82, 2.24) is 41.8 Å². The first-order chi connectivity index (χ1) is 32.1. The van der Waals surface area contributed by atoms with Gasteiger partial charge in [-0.25, -0.2) is 4.79 Å². The molecule has 2 aromatic rings. The van der Waals surface area contributed by atoms with E-state index in [-0.39, 0.29) is 57.1 Å². The fourth-order valence-corrected chi connectivity index (χ4v) is 7.65. The first-order valence-electron chi connectivity index (χ1n) is 22.7. The number of guanidine groups is 1. The zero-order chi connectivity index (χ0) is 50.8. The molecule has 1 fully saturated rings. The average Bonchev–Trinajstić information content (AvgIpc) is 3.96. The maximum atomic E-state index is 14.6. The predicted octanol–water partition coefficient (Wildman–Crippen LogP) is -3.47. The number of para-hydroxylation sites is 1. The van der Waals surface area contributed by atoms with Crippen LogP contribution in [0.2, 0.25) is 0 Å². The lowest BCUT2D eigenvalue weighted by atomic mass is 9.96. The van der Waals surface area contributed by atoms with Crippen molar-refractivity contribution in [1.29, 1.82) is 0 Å². The van der Waals surface area contributed by atoms with Crippen LogP contribution < -0.4 is 49.1 Å². The van der Waals surface area contributed by atoms with E-state index in [4.69, 9.17) is 17.2 Å². The fourth-order valence-electron chi connectivity index (χ4n) is 7.65. The van der Waals surface area contributed by atoms with E-state index in [9.17, 15) is 58.8 Å². The highest BCUT2D eigenvalue weighted by Gasteiger charge is 2.41. The molecule has 0 bridgehead atoms. The van der Waals surface area contributed by atoms with Crippen LogP contribution in [0.1, 0.15) is 78.7 Å². The number of aliphatic hydroxyl groups is 3. The van der Waals surface area contributed by atoms with Gasteiger partial charge < -0.3 is 79.4 Å². The standard InChI is InChI=1S/C44H70N12O12/c1-6-23(4)34(40(64)52-31(43(67)68)17-22(2)3)54-38(62)32(21-58)53-41(65)35(24(5)59)55-39(63)33-14-10-16-56(33)42(66)30(18-25-19-49-28-12-8-7-11-26(25)28)51-37(61)29(13-9-15-48-44(46)47)50-36(60)27(45)20-57/h7-8,11-12,19,22-24,27,29-35,49,57-59H,6,9-10,13-18,20-21,45H2,1-5H3,(H,50,60)(H,51,61)(H,52,64)(H,53,65)(H,54,62)(H,55,63)(H,67,68)(H4,46,47,48)/t23-,24+,27-,29-,30-,31-,32-,33-,34-,35-/m0/s1. The largest absolute Gasteiger partial charge is 0.480 e. The molecule has 1 saturated heterocycles. The van der Waals surface area contributed by atoms with Gasteiger partial charge in [-0.05, 0) is 62.5 Å². The summed E-state index contributed by atoms with van der Waals surface area (Å²) in [6, 6.07) is -3.84. The number of benzene rings is 1. The molecular formula is C44H70N12O12. The summed E-state index contributed by atoms with van der Waals surface area (Å²) in [7, 11) is 0. The number of hydrogen-bond acceptors (Lipinski definition) is 13. The van der Waals surface area contributed by atoms with Gasteiger partial charge in [0.1, 0.15) is 48.3 Å². The molecule has 17 N–H and O–H groups in total. The Labute approximate surface area is 394 Å². The highest BCUT2D eigenvalue weighted by molar-refractivity contribution is 5.98. The Morgan fingerprint density at radius 3 is 2.03 bits per heavy atom. The van der Waals surface area contributed by atoms with Gasteiger partial charge in [-0.2, -0.15) is 0 Å². The lowest BCUT2D eigenvalue weighted by Gasteiger charge is -2.31. The number of carboxylic acids is 1. The van der Waals surface area contributed by atoms with Crippen molar-refractivity contribution in [3.8, 4) is 0 Å². The molecule has 0 radical (unpaired) electrons. The van der Waals surface area contributed by atoms with Crippen LogP contribution in [0.4, 0.5) is 0 Å². The van der Waals surface area contributed by atoms with Gasteiger partial charge in [-0.15, -0.1) is 0 Å². The van der Waals surface area contributed by atoms with E-state index in [1.54, 1.807) is 40.0 Å². The third kappa shape index (κ3) is 16.2. The van der Waals surface area contributed by atoms with Gasteiger partial charge >= 0.3 is 5.97 Å². The highest BCUT2D eigenvalue weighted by Crippen LogP contribution is 2.24. The van der Waals surface area contributed by atoms with E-state index in [1.807, 2.05) is 18.2 Å². The summed E-state index contributed by atoms with van der Waals surface area (Å²) < 4.78 is 0. The van der Waals surface area contributed by atoms with Gasteiger partial charge in [0.2, 0.25) is 41.4 Å². The lowest BCUT2D eigenvalue weighted by molar-refractivity contribution is -0.143. The number of nitrogens with zero attached hydrogens (tertiary/aromatic N) is 2. The molecule has 24 heteroatoms. The fraction of sp³-hybridized carbons (Fsp3) is 0.614. The van der Waals surface area contributed by atoms with Crippen LogP contribution in [0.15, 0.2) is 35.5 Å². The highest BCUT2D eigenvalue weighted by atomic mass is 16.4. The van der Waals surface area contributed by atoms with Crippen molar-refractivity contribution in [3.63, 3.8) is 0 Å². The number of likely N-dealkylation sites (tertiary alicyclic amines) is 1. The first kappa shape index (κ1) is 56.0. The summed E-state index contributed by atoms with van der Waals surface area (Å²) in [5.74, 6) is -8.09. The van der Waals surface area contributed by atoms with Crippen LogP contribution in [0.5, 0.6) is 0 Å². The van der Waals surface area contributed by atoms with Crippen molar-refractivity contribution < 1.29 is 58.8 Å². The molecule has 1 aliphatic rings. The summed E-state index contributed by atoms with van der Waals surface area (Å²) in [4.78, 5) is 116. The van der Waals surface area contributed by atoms with Crippen LogP contribution in [-0.2, 0) is 44.8 Å². The number of nitrogens with two attached hydrogens (primary N) is 3. The third-order valence-electron chi connectivity index (χ3n) is 11.7. The number of fused-ring (bicyclic) bond motifs is 1. The molecule has 1 aliphatic heterocycles. The average molecular weight is 959 g/mol. The smallest absolute Gasteiger partial charge is 0.326 e. The number of carbonyl (C=O) groups excluding carboxylic acids is 7. The Morgan fingerprint density at radius 1 is 0.809 bits per heavy atom. The van der Waals surface area contributed by atoms with Gasteiger partial charge in [0.25, 0.3) is 0 Å². The molecule has 7 amide bonds. The minimum absolute atomic E-state index is 0.00370. The zero-order valence-electron chi connectivity index (χ0n) is 39.2. The molecule has 3 rings (SSSR count). The second kappa shape index (κ2) is 26.8. The zero-order valence-corrected chi connectivity index (χ0v) is 39.2. The lowest BCUT2D eigenvalue weighted by Crippen LogP contribution is -2.62. The van der Waals surface area contributed by atoms with Gasteiger partial charge in [0.15, 0.2) is 5.96 Å². The quantitative estimate of drug-likeness (QED) is 0.0235. The second-order valence-electron chi connectivity index (χ2n) is 17.5. The van der Waals surface area contributed by atoms with Crippen molar-refractivity contribution in [2.45, 2.75) is 134 Å². The molecule has 24 nitrogen and oxygen atoms in total. The molecule has 68 heavy (non-hydrogen) atoms. The van der Waals surface area contributed by atoms with E-state index in [0.717, 1.165) is 10.9 Å². The SMILES string of the molecule is CC[C@H](C)[C@H](NC(=O)[C@H](CO)NC(=O)[C@@H](NC(=O)[C@@H]1CCCN1C(=O)[C@H](Cc1c[nH]c2ccccc12)NC(=O)[C@H](CCCN=C(N)N)NC(=O)[C@@H](N)CO)[C@@H](C)O)C(=O)N[C@@H](CC(C)C)C(=O)O. The molecule has 0 aliphatic carbocycles. The summed E-state index contributed by atoms with van der Waals surface area (Å²) in [5, 5.41) is 55.8. The first-order valence-corrected chi connectivity index (χ1v) is 22.7. The molecule has 2 heterocycles. The summed E-state index contributed by atoms with van der Waals surface area (Å²) in [5.41, 5.74) is 18.0. The number of amides is 7. The van der Waals surface area contributed by atoms with Crippen molar-refractivity contribution >= 4 is 64.2 Å². The molecule has 1 aromatic carbocycles. The van der Waals surface area contributed by atoms with E-state index in [1.165, 1.54) is 11.8 Å². The van der Waals surface area contributed by atoms with Crippen LogP contribution in [0, 0.1) is 11.8 Å². The predicted molar refractivity (Wildman–Crippen MR) is 249 cm³/mol. The van der Waals surface area contributed by atoms with Gasteiger partial charge in [-0.3, -0.25) is 38.6 Å². The number of rotatable bonds is 27. The number of aliphatic carboxylic acids is 1. The van der Waals surface area contributed by atoms with Gasteiger partial charge in [-0.1, -0.05) is 52.3 Å². The number of aliphatic hydroxyl groups excluding tert-OH is 3. The Kier molecular flexibility index (Phi) is 22.1. The molecule has 0 spiro atoms. The van der Waals surface area contributed by atoms with E-state index < -0.39 is 121 Å². The van der Waals surface area contributed by atoms with Crippen LogP contribution in [0.25, 0.3) is 10.9 Å². The summed E-state index contributed by atoms with van der Waals surface area (Å²) >= 11 is 0. The number of aliphatic imine (C=N–C) groups is 1. The maximum Gasteiger partial charge on any atom is 0.326 e. The van der Waals surface area contributed by atoms with E-state index in [2.05, 4.69) is 41.9 Å². The number of H-pyrrole nitrogens is 1. The number of aromatic amines is 1.